The van der Waals surface area contributed by atoms with Crippen molar-refractivity contribution in [3.8, 4) is 11.5 Å². The molecular formula is C25H24Cl2FN3O4. The van der Waals surface area contributed by atoms with Crippen molar-refractivity contribution in [1.82, 2.24) is 5.32 Å². The lowest BCUT2D eigenvalue weighted by atomic mass is 10.2. The van der Waals surface area contributed by atoms with E-state index in [-0.39, 0.29) is 19.0 Å². The molecule has 0 bridgehead atoms. The zero-order valence-electron chi connectivity index (χ0n) is 19.1. The summed E-state index contributed by atoms with van der Waals surface area (Å²) in [5, 5.41) is 6.24. The number of carbonyl (C=O) groups excluding carboxylic acids is 2. The first-order valence-corrected chi connectivity index (χ1v) is 11.4. The first-order valence-electron chi connectivity index (χ1n) is 10.6. The van der Waals surface area contributed by atoms with Crippen molar-refractivity contribution in [1.29, 1.82) is 0 Å². The molecule has 0 unspecified atom stereocenters. The molecule has 3 amide bonds. The monoisotopic (exact) mass is 519 g/mol. The van der Waals surface area contributed by atoms with Crippen molar-refractivity contribution >= 4 is 46.5 Å². The standard InChI is InChI=1S/C25H24Cl2FN3O4/c1-34-20-12-16(13-21(15-20)35-2)24(32)29-10-3-11-31(19-7-4-17(28)5-8-19)25(33)30-18-6-9-22(26)23(27)14-18/h4-9,12-15H,3,10-11H2,1-2H3,(H,29,32)(H,30,33). The molecule has 0 spiro atoms. The Morgan fingerprint density at radius 2 is 1.57 bits per heavy atom. The molecule has 0 fully saturated rings. The van der Waals surface area contributed by atoms with E-state index in [1.54, 1.807) is 30.3 Å². The summed E-state index contributed by atoms with van der Waals surface area (Å²) in [5.74, 6) is 0.266. The second-order valence-electron chi connectivity index (χ2n) is 7.40. The van der Waals surface area contributed by atoms with Gasteiger partial charge in [-0.15, -0.1) is 0 Å². The maximum Gasteiger partial charge on any atom is 0.326 e. The average Bonchev–Trinajstić information content (AvgIpc) is 2.86. The zero-order chi connectivity index (χ0) is 25.4. The molecule has 184 valence electrons. The van der Waals surface area contributed by atoms with Gasteiger partial charge in [-0.2, -0.15) is 0 Å². The fourth-order valence-corrected chi connectivity index (χ4v) is 3.51. The van der Waals surface area contributed by atoms with Crippen LogP contribution in [0.2, 0.25) is 10.0 Å². The molecule has 0 aromatic heterocycles. The molecule has 35 heavy (non-hydrogen) atoms. The highest BCUT2D eigenvalue weighted by Crippen LogP contribution is 2.26. The maximum atomic E-state index is 13.4. The molecule has 0 heterocycles. The van der Waals surface area contributed by atoms with Crippen LogP contribution in [-0.4, -0.2) is 39.2 Å². The van der Waals surface area contributed by atoms with Crippen LogP contribution in [0.15, 0.2) is 60.7 Å². The van der Waals surface area contributed by atoms with Crippen molar-refractivity contribution in [2.24, 2.45) is 0 Å². The summed E-state index contributed by atoms with van der Waals surface area (Å²) in [6.07, 6.45) is 0.430. The molecule has 0 radical (unpaired) electrons. The van der Waals surface area contributed by atoms with Crippen LogP contribution >= 0.6 is 23.2 Å². The summed E-state index contributed by atoms with van der Waals surface area (Å²) >= 11 is 12.0. The van der Waals surface area contributed by atoms with Gasteiger partial charge in [-0.3, -0.25) is 9.69 Å². The number of urea groups is 1. The summed E-state index contributed by atoms with van der Waals surface area (Å²) in [6, 6.07) is 14.7. The summed E-state index contributed by atoms with van der Waals surface area (Å²) in [7, 11) is 3.01. The number of methoxy groups -OCH3 is 2. The molecule has 3 rings (SSSR count). The van der Waals surface area contributed by atoms with Crippen LogP contribution in [-0.2, 0) is 0 Å². The number of halogens is 3. The Hall–Kier alpha value is -3.49. The number of hydrogen-bond donors (Lipinski definition) is 2. The van der Waals surface area contributed by atoms with Gasteiger partial charge in [-0.05, 0) is 61.0 Å². The number of carbonyl (C=O) groups is 2. The normalized spacial score (nSPS) is 10.4. The highest BCUT2D eigenvalue weighted by Gasteiger charge is 2.17. The van der Waals surface area contributed by atoms with Crippen LogP contribution in [0.5, 0.6) is 11.5 Å². The molecule has 0 saturated heterocycles. The van der Waals surface area contributed by atoms with Gasteiger partial charge in [0.2, 0.25) is 0 Å². The molecule has 0 atom stereocenters. The molecule has 10 heteroatoms. The largest absolute Gasteiger partial charge is 0.497 e. The molecular weight excluding hydrogens is 496 g/mol. The smallest absolute Gasteiger partial charge is 0.326 e. The van der Waals surface area contributed by atoms with Gasteiger partial charge in [0.15, 0.2) is 0 Å². The average molecular weight is 520 g/mol. The number of rotatable bonds is 9. The Balaban J connectivity index is 1.65. The minimum atomic E-state index is -0.446. The van der Waals surface area contributed by atoms with E-state index in [2.05, 4.69) is 10.6 Å². The number of ether oxygens (including phenoxy) is 2. The molecule has 0 saturated carbocycles. The van der Waals surface area contributed by atoms with Gasteiger partial charge in [-0.25, -0.2) is 9.18 Å². The predicted molar refractivity (Wildman–Crippen MR) is 136 cm³/mol. The van der Waals surface area contributed by atoms with Gasteiger partial charge in [0.1, 0.15) is 17.3 Å². The lowest BCUT2D eigenvalue weighted by Crippen LogP contribution is -2.37. The van der Waals surface area contributed by atoms with Crippen LogP contribution in [0, 0.1) is 5.82 Å². The second-order valence-corrected chi connectivity index (χ2v) is 8.21. The van der Waals surface area contributed by atoms with Crippen molar-refractivity contribution in [3.63, 3.8) is 0 Å². The lowest BCUT2D eigenvalue weighted by molar-refractivity contribution is 0.0952. The van der Waals surface area contributed by atoms with E-state index >= 15 is 0 Å². The van der Waals surface area contributed by atoms with E-state index in [0.717, 1.165) is 0 Å². The third-order valence-electron chi connectivity index (χ3n) is 5.01. The minimum absolute atomic E-state index is 0.250. The van der Waals surface area contributed by atoms with E-state index in [0.29, 0.717) is 44.9 Å². The zero-order valence-corrected chi connectivity index (χ0v) is 20.6. The highest BCUT2D eigenvalue weighted by molar-refractivity contribution is 6.42. The van der Waals surface area contributed by atoms with Gasteiger partial charge >= 0.3 is 6.03 Å². The molecule has 0 aliphatic rings. The Morgan fingerprint density at radius 3 is 2.17 bits per heavy atom. The third kappa shape index (κ3) is 7.24. The molecule has 0 aliphatic carbocycles. The molecule has 3 aromatic carbocycles. The molecule has 0 aliphatic heterocycles. The van der Waals surface area contributed by atoms with E-state index in [1.807, 2.05) is 0 Å². The Kier molecular flexibility index (Phi) is 9.17. The topological polar surface area (TPSA) is 79.9 Å². The summed E-state index contributed by atoms with van der Waals surface area (Å²) in [6.45, 7) is 0.538. The fraction of sp³-hybridized carbons (Fsp3) is 0.200. The minimum Gasteiger partial charge on any atom is -0.497 e. The lowest BCUT2D eigenvalue weighted by Gasteiger charge is -2.23. The Morgan fingerprint density at radius 1 is 0.914 bits per heavy atom. The van der Waals surface area contributed by atoms with Crippen molar-refractivity contribution < 1.29 is 23.5 Å². The van der Waals surface area contributed by atoms with E-state index in [9.17, 15) is 14.0 Å². The number of nitrogens with one attached hydrogen (secondary N) is 2. The first-order chi connectivity index (χ1) is 16.8. The molecule has 3 aromatic rings. The van der Waals surface area contributed by atoms with Crippen LogP contribution < -0.4 is 25.0 Å². The number of nitrogens with zero attached hydrogens (tertiary/aromatic N) is 1. The predicted octanol–water partition coefficient (Wildman–Crippen LogP) is 6.01. The number of hydrogen-bond acceptors (Lipinski definition) is 4. The summed E-state index contributed by atoms with van der Waals surface area (Å²) in [4.78, 5) is 27.0. The Labute approximate surface area is 212 Å². The van der Waals surface area contributed by atoms with Crippen molar-refractivity contribution in [3.05, 3.63) is 82.1 Å². The van der Waals surface area contributed by atoms with Gasteiger partial charge in [-0.1, -0.05) is 23.2 Å². The first kappa shape index (κ1) is 26.1. The number of benzene rings is 3. The quantitative estimate of drug-likeness (QED) is 0.339. The second kappa shape index (κ2) is 12.3. The summed E-state index contributed by atoms with van der Waals surface area (Å²) in [5.41, 5.74) is 1.33. The van der Waals surface area contributed by atoms with E-state index in [4.69, 9.17) is 32.7 Å². The SMILES string of the molecule is COc1cc(OC)cc(C(=O)NCCCN(C(=O)Nc2ccc(Cl)c(Cl)c2)c2ccc(F)cc2)c1. The number of anilines is 2. The number of amides is 3. The Bertz CT molecular complexity index is 1170. The van der Waals surface area contributed by atoms with Crippen LogP contribution in [0.25, 0.3) is 0 Å². The van der Waals surface area contributed by atoms with Crippen LogP contribution in [0.1, 0.15) is 16.8 Å². The maximum absolute atomic E-state index is 13.4. The van der Waals surface area contributed by atoms with E-state index in [1.165, 1.54) is 49.5 Å². The fourth-order valence-electron chi connectivity index (χ4n) is 3.21. The van der Waals surface area contributed by atoms with Gasteiger partial charge in [0, 0.05) is 36.1 Å². The van der Waals surface area contributed by atoms with Crippen molar-refractivity contribution in [2.45, 2.75) is 6.42 Å². The third-order valence-corrected chi connectivity index (χ3v) is 5.75. The highest BCUT2D eigenvalue weighted by atomic mass is 35.5. The van der Waals surface area contributed by atoms with Crippen molar-refractivity contribution in [2.75, 3.05) is 37.5 Å². The summed E-state index contributed by atoms with van der Waals surface area (Å²) < 4.78 is 23.8. The molecule has 2 N–H and O–H groups in total. The van der Waals surface area contributed by atoms with Crippen LogP contribution in [0.4, 0.5) is 20.6 Å². The van der Waals surface area contributed by atoms with Gasteiger partial charge in [0.05, 0.1) is 24.3 Å². The van der Waals surface area contributed by atoms with Gasteiger partial charge < -0.3 is 20.1 Å². The van der Waals surface area contributed by atoms with Crippen LogP contribution in [0.3, 0.4) is 0 Å². The van der Waals surface area contributed by atoms with Gasteiger partial charge in [0.25, 0.3) is 5.91 Å². The molecule has 7 nitrogen and oxygen atoms in total. The van der Waals surface area contributed by atoms with E-state index < -0.39 is 11.8 Å².